The van der Waals surface area contributed by atoms with Crippen LogP contribution >= 0.6 is 11.3 Å². The molecule has 1 unspecified atom stereocenters. The quantitative estimate of drug-likeness (QED) is 0.800. The minimum absolute atomic E-state index is 0.0655. The minimum Gasteiger partial charge on any atom is -0.457 e. The van der Waals surface area contributed by atoms with Gasteiger partial charge in [-0.3, -0.25) is 4.79 Å². The van der Waals surface area contributed by atoms with Crippen LogP contribution in [0.2, 0.25) is 0 Å². The van der Waals surface area contributed by atoms with Crippen molar-refractivity contribution in [2.45, 2.75) is 25.9 Å². The molecule has 0 radical (unpaired) electrons. The Bertz CT molecular complexity index is 643. The van der Waals surface area contributed by atoms with Crippen LogP contribution in [-0.4, -0.2) is 11.0 Å². The van der Waals surface area contributed by atoms with E-state index in [4.69, 9.17) is 4.74 Å². The zero-order chi connectivity index (χ0) is 13.9. The summed E-state index contributed by atoms with van der Waals surface area (Å²) in [6.45, 7) is 2.01. The lowest BCUT2D eigenvalue weighted by molar-refractivity contribution is -0.141. The fourth-order valence-corrected chi connectivity index (χ4v) is 2.92. The zero-order valence-corrected chi connectivity index (χ0v) is 12.0. The van der Waals surface area contributed by atoms with Gasteiger partial charge in [-0.15, -0.1) is 11.3 Å². The Morgan fingerprint density at radius 3 is 2.70 bits per heavy atom. The lowest BCUT2D eigenvalue weighted by Crippen LogP contribution is -1.98. The number of benzene rings is 1. The first-order chi connectivity index (χ1) is 9.72. The summed E-state index contributed by atoms with van der Waals surface area (Å²) in [5.74, 6) is -0.0976. The van der Waals surface area contributed by atoms with E-state index >= 15 is 0 Å². The lowest BCUT2D eigenvalue weighted by Gasteiger charge is -2.09. The number of carbonyl (C=O) groups is 1. The highest BCUT2D eigenvalue weighted by atomic mass is 32.1. The molecular formula is C16H15NO2S. The molecule has 0 saturated carbocycles. The molecule has 2 heterocycles. The van der Waals surface area contributed by atoms with Gasteiger partial charge in [0.25, 0.3) is 0 Å². The second-order valence-electron chi connectivity index (χ2n) is 4.82. The van der Waals surface area contributed by atoms with Gasteiger partial charge >= 0.3 is 5.97 Å². The van der Waals surface area contributed by atoms with E-state index in [1.54, 1.807) is 11.3 Å². The van der Waals surface area contributed by atoms with Crippen molar-refractivity contribution < 1.29 is 9.53 Å². The number of thiazole rings is 1. The van der Waals surface area contributed by atoms with Gasteiger partial charge in [0.05, 0.1) is 11.2 Å². The van der Waals surface area contributed by atoms with Gasteiger partial charge in [-0.1, -0.05) is 30.3 Å². The van der Waals surface area contributed by atoms with E-state index < -0.39 is 0 Å². The predicted molar refractivity (Wildman–Crippen MR) is 80.3 cm³/mol. The molecule has 2 aromatic rings. The fraction of sp³-hybridized carbons (Fsp3) is 0.250. The number of hydrogen-bond donors (Lipinski definition) is 0. The van der Waals surface area contributed by atoms with Crippen LogP contribution in [0.25, 0.3) is 12.2 Å². The molecular weight excluding hydrogens is 270 g/mol. The third-order valence-electron chi connectivity index (χ3n) is 3.40. The van der Waals surface area contributed by atoms with Crippen molar-refractivity contribution in [2.75, 3.05) is 0 Å². The Hall–Kier alpha value is -1.94. The minimum atomic E-state index is -0.0976. The van der Waals surface area contributed by atoms with Crippen LogP contribution in [0.15, 0.2) is 29.8 Å². The lowest BCUT2D eigenvalue weighted by atomic mass is 10.0. The van der Waals surface area contributed by atoms with Gasteiger partial charge in [-0.25, -0.2) is 4.98 Å². The number of nitrogens with zero attached hydrogens (tertiary/aromatic N) is 1. The molecule has 1 aliphatic rings. The van der Waals surface area contributed by atoms with E-state index in [0.717, 1.165) is 23.2 Å². The predicted octanol–water partition coefficient (Wildman–Crippen LogP) is 4.00. The van der Waals surface area contributed by atoms with Crippen molar-refractivity contribution in [1.29, 1.82) is 0 Å². The number of aromatic nitrogens is 1. The molecule has 1 aromatic carbocycles. The molecule has 4 heteroatoms. The number of esters is 1. The molecule has 0 amide bonds. The number of hydrogen-bond acceptors (Lipinski definition) is 4. The first-order valence-electron chi connectivity index (χ1n) is 6.60. The number of carbonyl (C=O) groups excluding carboxylic acids is 1. The van der Waals surface area contributed by atoms with Crippen molar-refractivity contribution in [3.63, 3.8) is 0 Å². The van der Waals surface area contributed by atoms with Crippen LogP contribution in [-0.2, 0) is 9.53 Å². The third kappa shape index (κ3) is 2.80. The van der Waals surface area contributed by atoms with Crippen LogP contribution < -0.4 is 0 Å². The van der Waals surface area contributed by atoms with Crippen molar-refractivity contribution in [1.82, 2.24) is 4.98 Å². The van der Waals surface area contributed by atoms with Crippen molar-refractivity contribution >= 4 is 29.5 Å². The van der Waals surface area contributed by atoms with Crippen LogP contribution in [0.1, 0.15) is 40.6 Å². The molecule has 0 N–H and O–H groups in total. The molecule has 0 aliphatic carbocycles. The second-order valence-corrected chi connectivity index (χ2v) is 5.71. The monoisotopic (exact) mass is 285 g/mol. The molecule has 1 saturated heterocycles. The van der Waals surface area contributed by atoms with Crippen LogP contribution in [0.4, 0.5) is 0 Å². The average Bonchev–Trinajstić information content (AvgIpc) is 3.06. The molecule has 3 nitrogen and oxygen atoms in total. The fourth-order valence-electron chi connectivity index (χ4n) is 2.22. The van der Waals surface area contributed by atoms with Crippen molar-refractivity contribution in [2.24, 2.45) is 0 Å². The Balaban J connectivity index is 1.72. The Morgan fingerprint density at radius 2 is 2.10 bits per heavy atom. The largest absolute Gasteiger partial charge is 0.457 e. The molecule has 0 bridgehead atoms. The van der Waals surface area contributed by atoms with Crippen LogP contribution in [0.3, 0.4) is 0 Å². The Labute approximate surface area is 121 Å². The van der Waals surface area contributed by atoms with Gasteiger partial charge in [0, 0.05) is 11.3 Å². The van der Waals surface area contributed by atoms with Crippen LogP contribution in [0.5, 0.6) is 0 Å². The summed E-state index contributed by atoms with van der Waals surface area (Å²) in [4.78, 5) is 16.5. The summed E-state index contributed by atoms with van der Waals surface area (Å²) in [5.41, 5.74) is 5.11. The summed E-state index contributed by atoms with van der Waals surface area (Å²) in [6.07, 6.45) is 5.40. The first kappa shape index (κ1) is 13.1. The number of ether oxygens (including phenoxy) is 1. The summed E-state index contributed by atoms with van der Waals surface area (Å²) < 4.78 is 5.26. The maximum atomic E-state index is 11.1. The molecule has 1 aromatic heterocycles. The average molecular weight is 285 g/mol. The molecule has 20 heavy (non-hydrogen) atoms. The van der Waals surface area contributed by atoms with E-state index in [0.29, 0.717) is 6.42 Å². The standard InChI is InChI=1S/C16H15NO2S/c1-11-15(20-10-17-11)8-4-12-2-5-13(6-3-12)14-7-9-16(18)19-14/h2-6,8,10,14H,7,9H2,1H3/b8-4+. The zero-order valence-electron chi connectivity index (χ0n) is 11.2. The molecule has 102 valence electrons. The smallest absolute Gasteiger partial charge is 0.306 e. The molecule has 1 fully saturated rings. The highest BCUT2D eigenvalue weighted by Crippen LogP contribution is 2.29. The highest BCUT2D eigenvalue weighted by molar-refractivity contribution is 7.10. The molecule has 0 spiro atoms. The van der Waals surface area contributed by atoms with Crippen LogP contribution in [0, 0.1) is 6.92 Å². The van der Waals surface area contributed by atoms with Gasteiger partial charge in [-0.05, 0) is 30.5 Å². The van der Waals surface area contributed by atoms with Gasteiger partial charge in [0.2, 0.25) is 0 Å². The number of aryl methyl sites for hydroxylation is 1. The number of cyclic esters (lactones) is 1. The Morgan fingerprint density at radius 1 is 1.30 bits per heavy atom. The summed E-state index contributed by atoms with van der Waals surface area (Å²) in [5, 5.41) is 0. The van der Waals surface area contributed by atoms with E-state index in [9.17, 15) is 4.79 Å². The highest BCUT2D eigenvalue weighted by Gasteiger charge is 2.24. The summed E-state index contributed by atoms with van der Waals surface area (Å²) in [6, 6.07) is 8.16. The van der Waals surface area contributed by atoms with E-state index in [1.165, 1.54) is 4.88 Å². The van der Waals surface area contributed by atoms with E-state index in [2.05, 4.69) is 17.1 Å². The number of rotatable bonds is 3. The Kier molecular flexibility index (Phi) is 3.65. The van der Waals surface area contributed by atoms with Gasteiger partial charge in [0.15, 0.2) is 0 Å². The molecule has 1 aliphatic heterocycles. The second kappa shape index (κ2) is 5.59. The SMILES string of the molecule is Cc1ncsc1/C=C/c1ccc(C2CCC(=O)O2)cc1. The van der Waals surface area contributed by atoms with Gasteiger partial charge in [-0.2, -0.15) is 0 Å². The summed E-state index contributed by atoms with van der Waals surface area (Å²) >= 11 is 1.64. The van der Waals surface area contributed by atoms with Gasteiger partial charge < -0.3 is 4.74 Å². The molecule has 1 atom stereocenters. The first-order valence-corrected chi connectivity index (χ1v) is 7.48. The normalized spacial score (nSPS) is 18.6. The van der Waals surface area contributed by atoms with Gasteiger partial charge in [0.1, 0.15) is 6.10 Å². The third-order valence-corrected chi connectivity index (χ3v) is 4.30. The summed E-state index contributed by atoms with van der Waals surface area (Å²) in [7, 11) is 0. The maximum absolute atomic E-state index is 11.1. The van der Waals surface area contributed by atoms with E-state index in [1.807, 2.05) is 36.7 Å². The van der Waals surface area contributed by atoms with E-state index in [-0.39, 0.29) is 12.1 Å². The molecule has 3 rings (SSSR count). The topological polar surface area (TPSA) is 39.2 Å². The van der Waals surface area contributed by atoms with Crippen molar-refractivity contribution in [3.05, 3.63) is 51.5 Å². The van der Waals surface area contributed by atoms with Crippen molar-refractivity contribution in [3.8, 4) is 0 Å². The maximum Gasteiger partial charge on any atom is 0.306 e.